The average molecular weight is 290 g/mol. The maximum atomic E-state index is 11.8. The number of fused-ring (bicyclic) bond motifs is 2. The minimum absolute atomic E-state index is 0.0320. The molecule has 2 aliphatic rings. The summed E-state index contributed by atoms with van der Waals surface area (Å²) >= 11 is 0. The Bertz CT molecular complexity index is 501. The van der Waals surface area contributed by atoms with Crippen molar-refractivity contribution >= 4 is 5.97 Å². The Morgan fingerprint density at radius 3 is 2.52 bits per heavy atom. The predicted molar refractivity (Wildman–Crippen MR) is 77.3 cm³/mol. The molecule has 4 heteroatoms. The second-order valence-electron chi connectivity index (χ2n) is 6.17. The predicted octanol–water partition coefficient (Wildman–Crippen LogP) is 2.76. The van der Waals surface area contributed by atoms with Crippen LogP contribution < -0.4 is 0 Å². The highest BCUT2D eigenvalue weighted by molar-refractivity contribution is 5.73. The number of benzene rings is 1. The standard InChI is InChI=1S/C17H22O4/c1-10-14(19-9-13-7-5-4-6-8-13)12(3)17-20-15(10)11(2)16(18)21-17/h4-8,10-12,14-15,17H,9H2,1-3H3/t10-,11+,12+,14+,15+,17+/m0/s1. The molecular formula is C17H22O4. The monoisotopic (exact) mass is 290 g/mol. The van der Waals surface area contributed by atoms with Gasteiger partial charge in [0.1, 0.15) is 0 Å². The molecule has 0 unspecified atom stereocenters. The van der Waals surface area contributed by atoms with Crippen molar-refractivity contribution < 1.29 is 19.0 Å². The number of esters is 1. The van der Waals surface area contributed by atoms with Gasteiger partial charge in [-0.15, -0.1) is 0 Å². The van der Waals surface area contributed by atoms with Crippen molar-refractivity contribution in [3.05, 3.63) is 35.9 Å². The summed E-state index contributed by atoms with van der Waals surface area (Å²) in [7, 11) is 0. The van der Waals surface area contributed by atoms with Crippen molar-refractivity contribution in [3.63, 3.8) is 0 Å². The molecule has 2 saturated heterocycles. The zero-order chi connectivity index (χ0) is 15.0. The van der Waals surface area contributed by atoms with E-state index in [0.29, 0.717) is 6.61 Å². The zero-order valence-corrected chi connectivity index (χ0v) is 12.7. The summed E-state index contributed by atoms with van der Waals surface area (Å²) in [6, 6.07) is 10.1. The van der Waals surface area contributed by atoms with Crippen molar-refractivity contribution in [1.29, 1.82) is 0 Å². The molecule has 3 rings (SSSR count). The lowest BCUT2D eigenvalue weighted by Gasteiger charge is -2.48. The molecule has 4 nitrogen and oxygen atoms in total. The molecule has 0 N–H and O–H groups in total. The Morgan fingerprint density at radius 1 is 1.10 bits per heavy atom. The van der Waals surface area contributed by atoms with Crippen LogP contribution in [0.5, 0.6) is 0 Å². The van der Waals surface area contributed by atoms with E-state index < -0.39 is 6.29 Å². The van der Waals surface area contributed by atoms with Crippen LogP contribution in [0.1, 0.15) is 26.3 Å². The zero-order valence-electron chi connectivity index (χ0n) is 12.7. The Kier molecular flexibility index (Phi) is 4.00. The molecule has 114 valence electrons. The van der Waals surface area contributed by atoms with Gasteiger partial charge in [-0.2, -0.15) is 0 Å². The maximum absolute atomic E-state index is 11.8. The van der Waals surface area contributed by atoms with Crippen molar-refractivity contribution in [2.24, 2.45) is 17.8 Å². The van der Waals surface area contributed by atoms with Gasteiger partial charge in [0, 0.05) is 11.8 Å². The second kappa shape index (κ2) is 5.78. The van der Waals surface area contributed by atoms with Crippen LogP contribution in [0, 0.1) is 17.8 Å². The third kappa shape index (κ3) is 2.70. The fourth-order valence-corrected chi connectivity index (χ4v) is 3.36. The van der Waals surface area contributed by atoms with Crippen LogP contribution in [0.25, 0.3) is 0 Å². The summed E-state index contributed by atoms with van der Waals surface area (Å²) in [5, 5.41) is 0. The summed E-state index contributed by atoms with van der Waals surface area (Å²) in [4.78, 5) is 11.8. The normalized spacial score (nSPS) is 38.9. The number of carbonyl (C=O) groups excluding carboxylic acids is 1. The van der Waals surface area contributed by atoms with Gasteiger partial charge in [0.25, 0.3) is 0 Å². The van der Waals surface area contributed by atoms with Crippen LogP contribution in [0.2, 0.25) is 0 Å². The van der Waals surface area contributed by atoms with Gasteiger partial charge < -0.3 is 14.2 Å². The highest BCUT2D eigenvalue weighted by Crippen LogP contribution is 2.40. The summed E-state index contributed by atoms with van der Waals surface area (Å²) in [6.45, 7) is 6.56. The van der Waals surface area contributed by atoms with Crippen LogP contribution in [-0.2, 0) is 25.6 Å². The van der Waals surface area contributed by atoms with Gasteiger partial charge in [-0.25, -0.2) is 0 Å². The summed E-state index contributed by atoms with van der Waals surface area (Å²) in [6.07, 6.45) is -0.562. The van der Waals surface area contributed by atoms with Crippen molar-refractivity contribution in [2.75, 3.05) is 0 Å². The molecule has 2 aliphatic heterocycles. The molecular weight excluding hydrogens is 268 g/mol. The summed E-state index contributed by atoms with van der Waals surface area (Å²) in [5.74, 6) is -0.178. The van der Waals surface area contributed by atoms with Gasteiger partial charge in [0.2, 0.25) is 6.29 Å². The molecule has 1 aromatic carbocycles. The lowest BCUT2D eigenvalue weighted by Crippen LogP contribution is -2.58. The van der Waals surface area contributed by atoms with E-state index in [2.05, 4.69) is 19.1 Å². The average Bonchev–Trinajstić information content (AvgIpc) is 2.49. The van der Waals surface area contributed by atoms with E-state index in [4.69, 9.17) is 14.2 Å². The summed E-state index contributed by atoms with van der Waals surface area (Å²) in [5.41, 5.74) is 1.15. The van der Waals surface area contributed by atoms with E-state index in [0.717, 1.165) is 5.56 Å². The number of rotatable bonds is 3. The minimum atomic E-state index is -0.476. The number of hydrogen-bond acceptors (Lipinski definition) is 4. The second-order valence-corrected chi connectivity index (χ2v) is 6.17. The molecule has 0 aliphatic carbocycles. The van der Waals surface area contributed by atoms with Crippen LogP contribution >= 0.6 is 0 Å². The Labute approximate surface area is 125 Å². The first-order valence-corrected chi connectivity index (χ1v) is 7.59. The fourth-order valence-electron chi connectivity index (χ4n) is 3.36. The largest absolute Gasteiger partial charge is 0.435 e. The first-order chi connectivity index (χ1) is 10.1. The first-order valence-electron chi connectivity index (χ1n) is 7.59. The van der Waals surface area contributed by atoms with Crippen LogP contribution in [0.4, 0.5) is 0 Å². The quantitative estimate of drug-likeness (QED) is 0.803. The molecule has 2 fully saturated rings. The third-order valence-corrected chi connectivity index (χ3v) is 4.66. The van der Waals surface area contributed by atoms with E-state index in [9.17, 15) is 4.79 Å². The van der Waals surface area contributed by atoms with Crippen LogP contribution in [0.3, 0.4) is 0 Å². The summed E-state index contributed by atoms with van der Waals surface area (Å²) < 4.78 is 17.4. The third-order valence-electron chi connectivity index (χ3n) is 4.66. The molecule has 0 amide bonds. The van der Waals surface area contributed by atoms with E-state index in [1.165, 1.54) is 0 Å². The van der Waals surface area contributed by atoms with Gasteiger partial charge in [0.05, 0.1) is 24.7 Å². The van der Waals surface area contributed by atoms with Gasteiger partial charge in [0.15, 0.2) is 0 Å². The highest BCUT2D eigenvalue weighted by Gasteiger charge is 2.51. The molecule has 6 atom stereocenters. The molecule has 21 heavy (non-hydrogen) atoms. The molecule has 2 bridgehead atoms. The Morgan fingerprint density at radius 2 is 1.81 bits per heavy atom. The van der Waals surface area contributed by atoms with Crippen molar-refractivity contribution in [1.82, 2.24) is 0 Å². The van der Waals surface area contributed by atoms with Crippen LogP contribution in [0.15, 0.2) is 30.3 Å². The van der Waals surface area contributed by atoms with Gasteiger partial charge in [-0.1, -0.05) is 44.2 Å². The number of hydrogen-bond donors (Lipinski definition) is 0. The van der Waals surface area contributed by atoms with E-state index >= 15 is 0 Å². The first kappa shape index (κ1) is 14.5. The van der Waals surface area contributed by atoms with Crippen molar-refractivity contribution in [3.8, 4) is 0 Å². The fraction of sp³-hybridized carbons (Fsp3) is 0.588. The molecule has 0 radical (unpaired) electrons. The number of carbonyl (C=O) groups is 1. The van der Waals surface area contributed by atoms with E-state index in [1.807, 2.05) is 32.0 Å². The molecule has 0 spiro atoms. The SMILES string of the molecule is C[C@H]1[C@H]2OC(=O)[C@H](C)[C@H](O2)[C@@H](C)[C@H]1OCc1ccccc1. The van der Waals surface area contributed by atoms with Gasteiger partial charge >= 0.3 is 5.97 Å². The molecule has 0 saturated carbocycles. The molecule has 1 aromatic rings. The Hall–Kier alpha value is -1.39. The van der Waals surface area contributed by atoms with Gasteiger partial charge in [-0.05, 0) is 12.5 Å². The van der Waals surface area contributed by atoms with Crippen molar-refractivity contribution in [2.45, 2.75) is 45.9 Å². The molecule has 2 heterocycles. The van der Waals surface area contributed by atoms with E-state index in [-0.39, 0.29) is 35.9 Å². The van der Waals surface area contributed by atoms with Crippen LogP contribution in [-0.4, -0.2) is 24.5 Å². The smallest absolute Gasteiger partial charge is 0.313 e. The Balaban J connectivity index is 1.71. The highest BCUT2D eigenvalue weighted by atomic mass is 16.7. The lowest BCUT2D eigenvalue weighted by atomic mass is 9.79. The minimum Gasteiger partial charge on any atom is -0.435 e. The lowest BCUT2D eigenvalue weighted by molar-refractivity contribution is -0.297. The van der Waals surface area contributed by atoms with E-state index in [1.54, 1.807) is 0 Å². The topological polar surface area (TPSA) is 44.8 Å². The number of ether oxygens (including phenoxy) is 3. The molecule has 0 aromatic heterocycles. The van der Waals surface area contributed by atoms with Gasteiger partial charge in [-0.3, -0.25) is 4.79 Å². The maximum Gasteiger partial charge on any atom is 0.313 e.